The minimum absolute atomic E-state index is 0.134. The Morgan fingerprint density at radius 1 is 0.944 bits per heavy atom. The third-order valence-electron chi connectivity index (χ3n) is 5.46. The second kappa shape index (κ2) is 11.6. The molecule has 1 aromatic heterocycles. The highest BCUT2D eigenvalue weighted by molar-refractivity contribution is 7.13. The number of aromatic nitrogens is 1. The Morgan fingerprint density at radius 3 is 2.47 bits per heavy atom. The van der Waals surface area contributed by atoms with E-state index in [9.17, 15) is 9.59 Å². The number of rotatable bonds is 9. The average Bonchev–Trinajstić information content (AvgIpc) is 3.44. The van der Waals surface area contributed by atoms with Crippen molar-refractivity contribution in [3.8, 4) is 22.1 Å². The van der Waals surface area contributed by atoms with E-state index in [1.54, 1.807) is 35.7 Å². The number of hydrogen-bond donors (Lipinski definition) is 3. The minimum Gasteiger partial charge on any atom is -0.457 e. The van der Waals surface area contributed by atoms with Crippen molar-refractivity contribution in [2.75, 3.05) is 5.32 Å². The number of thiazole rings is 1. The summed E-state index contributed by atoms with van der Waals surface area (Å²) in [5, 5.41) is 5.72. The zero-order valence-electron chi connectivity index (χ0n) is 20.3. The van der Waals surface area contributed by atoms with Gasteiger partial charge in [-0.05, 0) is 48.9 Å². The van der Waals surface area contributed by atoms with Gasteiger partial charge in [-0.3, -0.25) is 15.0 Å². The summed E-state index contributed by atoms with van der Waals surface area (Å²) < 4.78 is 5.98. The molecule has 1 atom stereocenters. The summed E-state index contributed by atoms with van der Waals surface area (Å²) in [7, 11) is 0. The molecule has 3 N–H and O–H groups in total. The summed E-state index contributed by atoms with van der Waals surface area (Å²) >= 11 is 1.58. The van der Waals surface area contributed by atoms with Gasteiger partial charge in [-0.2, -0.15) is 0 Å². The van der Waals surface area contributed by atoms with Gasteiger partial charge in [0.2, 0.25) is 5.91 Å². The molecule has 4 rings (SSSR count). The SMILES string of the molecule is CC(C)C(=O)Nc1ccc(Oc2ccccc2)c(C(=O)NNC(C)c2cccc(-c3nccs3)c2)c1. The van der Waals surface area contributed by atoms with Crippen LogP contribution in [0.4, 0.5) is 5.69 Å². The molecule has 1 unspecified atom stereocenters. The lowest BCUT2D eigenvalue weighted by atomic mass is 10.1. The zero-order chi connectivity index (χ0) is 25.5. The van der Waals surface area contributed by atoms with Crippen molar-refractivity contribution in [1.29, 1.82) is 0 Å². The van der Waals surface area contributed by atoms with Gasteiger partial charge in [-0.15, -0.1) is 11.3 Å². The molecule has 0 radical (unpaired) electrons. The summed E-state index contributed by atoms with van der Waals surface area (Å²) in [5.41, 5.74) is 8.70. The molecule has 0 saturated carbocycles. The van der Waals surface area contributed by atoms with Crippen molar-refractivity contribution >= 4 is 28.8 Å². The highest BCUT2D eigenvalue weighted by Gasteiger charge is 2.17. The highest BCUT2D eigenvalue weighted by atomic mass is 32.1. The van der Waals surface area contributed by atoms with Crippen molar-refractivity contribution in [3.05, 3.63) is 95.5 Å². The number of benzene rings is 3. The summed E-state index contributed by atoms with van der Waals surface area (Å²) in [6.45, 7) is 5.58. The van der Waals surface area contributed by atoms with Gasteiger partial charge in [-0.1, -0.05) is 50.2 Å². The summed E-state index contributed by atoms with van der Waals surface area (Å²) in [5.74, 6) is 0.270. The molecule has 0 saturated heterocycles. The third kappa shape index (κ3) is 6.35. The average molecular weight is 501 g/mol. The van der Waals surface area contributed by atoms with E-state index < -0.39 is 0 Å². The first-order valence-electron chi connectivity index (χ1n) is 11.6. The maximum absolute atomic E-state index is 13.2. The van der Waals surface area contributed by atoms with Crippen LogP contribution in [-0.2, 0) is 4.79 Å². The number of carbonyl (C=O) groups excluding carboxylic acids is 2. The topological polar surface area (TPSA) is 92.3 Å². The lowest BCUT2D eigenvalue weighted by Crippen LogP contribution is -2.39. The Kier molecular flexibility index (Phi) is 8.10. The molecule has 0 bridgehead atoms. The number of amides is 2. The largest absolute Gasteiger partial charge is 0.457 e. The number of carbonyl (C=O) groups is 2. The van der Waals surface area contributed by atoms with Gasteiger partial charge >= 0.3 is 0 Å². The van der Waals surface area contributed by atoms with E-state index in [0.717, 1.165) is 16.1 Å². The maximum atomic E-state index is 13.2. The lowest BCUT2D eigenvalue weighted by Gasteiger charge is -2.18. The van der Waals surface area contributed by atoms with Crippen LogP contribution >= 0.6 is 11.3 Å². The van der Waals surface area contributed by atoms with E-state index in [1.807, 2.05) is 74.7 Å². The fourth-order valence-electron chi connectivity index (χ4n) is 3.41. The van der Waals surface area contributed by atoms with E-state index in [4.69, 9.17) is 4.74 Å². The molecule has 7 nitrogen and oxygen atoms in total. The molecular weight excluding hydrogens is 472 g/mol. The smallest absolute Gasteiger partial charge is 0.269 e. The van der Waals surface area contributed by atoms with Crippen LogP contribution in [0.25, 0.3) is 10.6 Å². The Bertz CT molecular complexity index is 1320. The first-order chi connectivity index (χ1) is 17.4. The molecule has 184 valence electrons. The van der Waals surface area contributed by atoms with Gasteiger partial charge in [0.15, 0.2) is 0 Å². The monoisotopic (exact) mass is 500 g/mol. The Balaban J connectivity index is 1.52. The van der Waals surface area contributed by atoms with Gasteiger partial charge in [0.1, 0.15) is 16.5 Å². The fourth-order valence-corrected chi connectivity index (χ4v) is 4.04. The summed E-state index contributed by atoms with van der Waals surface area (Å²) in [4.78, 5) is 29.8. The van der Waals surface area contributed by atoms with Gasteiger partial charge in [0, 0.05) is 34.8 Å². The predicted molar refractivity (Wildman–Crippen MR) is 143 cm³/mol. The van der Waals surface area contributed by atoms with E-state index in [1.165, 1.54) is 0 Å². The molecule has 3 aromatic carbocycles. The molecule has 0 aliphatic rings. The maximum Gasteiger partial charge on any atom is 0.269 e. The molecule has 8 heteroatoms. The van der Waals surface area contributed by atoms with Crippen LogP contribution in [0.1, 0.15) is 42.7 Å². The number of anilines is 1. The Morgan fingerprint density at radius 2 is 1.75 bits per heavy atom. The third-order valence-corrected chi connectivity index (χ3v) is 6.28. The normalized spacial score (nSPS) is 11.7. The number of ether oxygens (including phenoxy) is 1. The predicted octanol–water partition coefficient (Wildman–Crippen LogP) is 6.19. The molecule has 4 aromatic rings. The highest BCUT2D eigenvalue weighted by Crippen LogP contribution is 2.29. The quantitative estimate of drug-likeness (QED) is 0.238. The molecule has 0 aliphatic carbocycles. The minimum atomic E-state index is -0.385. The van der Waals surface area contributed by atoms with Gasteiger partial charge in [0.25, 0.3) is 5.91 Å². The van der Waals surface area contributed by atoms with E-state index in [2.05, 4.69) is 27.2 Å². The fraction of sp³-hybridized carbons (Fsp3) is 0.179. The standard InChI is InChI=1S/C28H28N4O3S/c1-18(2)26(33)30-22-12-13-25(35-23-10-5-4-6-11-23)24(17-22)27(34)32-31-19(3)20-8-7-9-21(16-20)28-29-14-15-36-28/h4-19,31H,1-3H3,(H,30,33)(H,32,34). The lowest BCUT2D eigenvalue weighted by molar-refractivity contribution is -0.118. The van der Waals surface area contributed by atoms with Crippen molar-refractivity contribution in [1.82, 2.24) is 15.8 Å². The van der Waals surface area contributed by atoms with E-state index in [-0.39, 0.29) is 29.3 Å². The van der Waals surface area contributed by atoms with Crippen LogP contribution in [0.15, 0.2) is 84.4 Å². The number of hydrazine groups is 1. The second-order valence-corrected chi connectivity index (χ2v) is 9.45. The van der Waals surface area contributed by atoms with Gasteiger partial charge in [-0.25, -0.2) is 10.4 Å². The van der Waals surface area contributed by atoms with Gasteiger partial charge < -0.3 is 10.1 Å². The van der Waals surface area contributed by atoms with Crippen molar-refractivity contribution < 1.29 is 14.3 Å². The molecule has 2 amide bonds. The molecule has 1 heterocycles. The van der Waals surface area contributed by atoms with Crippen LogP contribution in [0.3, 0.4) is 0 Å². The number of nitrogens with zero attached hydrogens (tertiary/aromatic N) is 1. The zero-order valence-corrected chi connectivity index (χ0v) is 21.1. The van der Waals surface area contributed by atoms with Crippen molar-refractivity contribution in [2.24, 2.45) is 5.92 Å². The summed E-state index contributed by atoms with van der Waals surface area (Å²) in [6.07, 6.45) is 1.78. The first-order valence-corrected chi connectivity index (χ1v) is 12.5. The Hall–Kier alpha value is -4.01. The summed E-state index contributed by atoms with van der Waals surface area (Å²) in [6, 6.07) is 22.1. The van der Waals surface area contributed by atoms with Crippen LogP contribution in [0.2, 0.25) is 0 Å². The second-order valence-electron chi connectivity index (χ2n) is 8.55. The van der Waals surface area contributed by atoms with Crippen LogP contribution in [-0.4, -0.2) is 16.8 Å². The molecule has 0 aliphatic heterocycles. The van der Waals surface area contributed by atoms with Crippen LogP contribution in [0.5, 0.6) is 11.5 Å². The van der Waals surface area contributed by atoms with Crippen molar-refractivity contribution in [3.63, 3.8) is 0 Å². The number of nitrogens with one attached hydrogen (secondary N) is 3. The van der Waals surface area contributed by atoms with E-state index >= 15 is 0 Å². The number of hydrogen-bond acceptors (Lipinski definition) is 6. The van der Waals surface area contributed by atoms with Gasteiger partial charge in [0.05, 0.1) is 5.56 Å². The first kappa shape index (κ1) is 25.1. The molecule has 0 spiro atoms. The molecular formula is C28H28N4O3S. The number of para-hydroxylation sites is 1. The van der Waals surface area contributed by atoms with Crippen LogP contribution in [0, 0.1) is 5.92 Å². The molecule has 0 fully saturated rings. The Labute approximate surface area is 214 Å². The molecule has 36 heavy (non-hydrogen) atoms. The van der Waals surface area contributed by atoms with E-state index in [0.29, 0.717) is 17.2 Å². The van der Waals surface area contributed by atoms with Crippen LogP contribution < -0.4 is 20.9 Å². The van der Waals surface area contributed by atoms with Crippen molar-refractivity contribution in [2.45, 2.75) is 26.8 Å².